The highest BCUT2D eigenvalue weighted by atomic mass is 19.1. The summed E-state index contributed by atoms with van der Waals surface area (Å²) < 4.78 is 19.9. The van der Waals surface area contributed by atoms with E-state index in [0.29, 0.717) is 29.1 Å². The van der Waals surface area contributed by atoms with Crippen molar-refractivity contribution in [2.75, 3.05) is 12.4 Å². The summed E-state index contributed by atoms with van der Waals surface area (Å²) in [6, 6.07) is 11.1. The fourth-order valence-corrected chi connectivity index (χ4v) is 2.77. The molecule has 0 radical (unpaired) electrons. The van der Waals surface area contributed by atoms with Crippen LogP contribution in [-0.2, 0) is 6.54 Å². The number of ether oxygens (including phenoxy) is 1. The molecule has 3 aromatic heterocycles. The zero-order valence-corrected chi connectivity index (χ0v) is 15.2. The van der Waals surface area contributed by atoms with Crippen LogP contribution in [0.1, 0.15) is 16.1 Å². The van der Waals surface area contributed by atoms with Crippen molar-refractivity contribution in [1.82, 2.24) is 30.0 Å². The third-order valence-corrected chi connectivity index (χ3v) is 4.10. The molecule has 1 amide bonds. The quantitative estimate of drug-likeness (QED) is 0.502. The topological polar surface area (TPSA) is 133 Å². The summed E-state index contributed by atoms with van der Waals surface area (Å²) in [6.07, 6.45) is 0. The van der Waals surface area contributed by atoms with E-state index in [9.17, 15) is 9.18 Å². The molecule has 0 aliphatic heterocycles. The number of benzene rings is 1. The molecule has 11 heteroatoms. The lowest BCUT2D eigenvalue weighted by atomic mass is 10.2. The van der Waals surface area contributed by atoms with Gasteiger partial charge in [-0.05, 0) is 29.8 Å². The van der Waals surface area contributed by atoms with Gasteiger partial charge in [-0.15, -0.1) is 15.3 Å². The van der Waals surface area contributed by atoms with E-state index in [2.05, 4.69) is 30.8 Å². The molecule has 146 valence electrons. The SMILES string of the molecule is COc1nnc(-c2nnn3c(C(N)=O)cccc23)nc1NCc1cccc(F)c1. The predicted octanol–water partition coefficient (Wildman–Crippen LogP) is 1.44. The smallest absolute Gasteiger partial charge is 0.276 e. The molecule has 0 saturated carbocycles. The Morgan fingerprint density at radius 3 is 2.79 bits per heavy atom. The molecule has 0 fully saturated rings. The van der Waals surface area contributed by atoms with Crippen LogP contribution in [0.5, 0.6) is 5.88 Å². The number of hydrogen-bond donors (Lipinski definition) is 2. The molecule has 0 spiro atoms. The van der Waals surface area contributed by atoms with E-state index in [1.54, 1.807) is 24.3 Å². The van der Waals surface area contributed by atoms with E-state index in [-0.39, 0.29) is 23.2 Å². The number of carbonyl (C=O) groups is 1. The molecule has 29 heavy (non-hydrogen) atoms. The lowest BCUT2D eigenvalue weighted by Crippen LogP contribution is -2.15. The molecule has 10 nitrogen and oxygen atoms in total. The van der Waals surface area contributed by atoms with Gasteiger partial charge < -0.3 is 15.8 Å². The lowest BCUT2D eigenvalue weighted by Gasteiger charge is -2.09. The summed E-state index contributed by atoms with van der Waals surface area (Å²) in [5.74, 6) is -0.338. The number of rotatable bonds is 6. The first-order chi connectivity index (χ1) is 14.1. The zero-order valence-electron chi connectivity index (χ0n) is 15.2. The number of halogens is 1. The molecule has 0 bridgehead atoms. The van der Waals surface area contributed by atoms with Crippen molar-refractivity contribution in [2.24, 2.45) is 5.73 Å². The Morgan fingerprint density at radius 1 is 1.21 bits per heavy atom. The van der Waals surface area contributed by atoms with Crippen molar-refractivity contribution in [2.45, 2.75) is 6.54 Å². The van der Waals surface area contributed by atoms with E-state index in [1.165, 1.54) is 29.8 Å². The lowest BCUT2D eigenvalue weighted by molar-refractivity contribution is 0.0993. The van der Waals surface area contributed by atoms with Gasteiger partial charge in [0.1, 0.15) is 11.5 Å². The number of anilines is 1. The standard InChI is InChI=1S/C18H15FN8O2/c1-29-18-17(21-9-10-4-2-5-11(19)8-10)22-16(24-25-18)14-12-6-3-7-13(15(20)28)27(12)26-23-14/h2-8H,9H2,1H3,(H2,20,28)(H,21,22,24). The van der Waals surface area contributed by atoms with E-state index in [0.717, 1.165) is 0 Å². The molecule has 3 heterocycles. The van der Waals surface area contributed by atoms with Gasteiger partial charge in [0.05, 0.1) is 12.6 Å². The molecule has 0 unspecified atom stereocenters. The summed E-state index contributed by atoms with van der Waals surface area (Å²) in [5, 5.41) is 19.1. The van der Waals surface area contributed by atoms with Crippen molar-refractivity contribution < 1.29 is 13.9 Å². The number of fused-ring (bicyclic) bond motifs is 1. The maximum absolute atomic E-state index is 13.4. The van der Waals surface area contributed by atoms with Gasteiger partial charge in [0.2, 0.25) is 5.82 Å². The minimum absolute atomic E-state index is 0.166. The Kier molecular flexibility index (Phi) is 4.69. The summed E-state index contributed by atoms with van der Waals surface area (Å²) in [6.45, 7) is 0.292. The number of nitrogens with zero attached hydrogens (tertiary/aromatic N) is 6. The van der Waals surface area contributed by atoms with Crippen LogP contribution in [-0.4, -0.2) is 43.0 Å². The molecule has 4 rings (SSSR count). The van der Waals surface area contributed by atoms with Crippen LogP contribution in [0.4, 0.5) is 10.2 Å². The second kappa shape index (κ2) is 7.46. The van der Waals surface area contributed by atoms with Gasteiger partial charge in [0.15, 0.2) is 11.5 Å². The van der Waals surface area contributed by atoms with Crippen LogP contribution >= 0.6 is 0 Å². The number of nitrogens with two attached hydrogens (primary N) is 1. The number of primary amides is 1. The normalized spacial score (nSPS) is 10.8. The first kappa shape index (κ1) is 18.2. The van der Waals surface area contributed by atoms with E-state index < -0.39 is 5.91 Å². The van der Waals surface area contributed by atoms with Crippen molar-refractivity contribution in [3.05, 3.63) is 59.5 Å². The molecule has 0 aliphatic rings. The Bertz CT molecular complexity index is 1210. The molecule has 0 atom stereocenters. The number of methoxy groups -OCH3 is 1. The summed E-state index contributed by atoms with van der Waals surface area (Å²) in [4.78, 5) is 16.0. The van der Waals surface area contributed by atoms with Crippen LogP contribution in [0, 0.1) is 5.82 Å². The van der Waals surface area contributed by atoms with Crippen LogP contribution in [0.15, 0.2) is 42.5 Å². The number of hydrogen-bond acceptors (Lipinski definition) is 8. The average Bonchev–Trinajstić information content (AvgIpc) is 3.16. The Morgan fingerprint density at radius 2 is 2.03 bits per heavy atom. The summed E-state index contributed by atoms with van der Waals surface area (Å²) >= 11 is 0. The number of nitrogens with one attached hydrogen (secondary N) is 1. The summed E-state index contributed by atoms with van der Waals surface area (Å²) in [5.41, 5.74) is 7.07. The zero-order chi connectivity index (χ0) is 20.4. The van der Waals surface area contributed by atoms with Gasteiger partial charge in [-0.1, -0.05) is 23.4 Å². The van der Waals surface area contributed by atoms with Gasteiger partial charge in [0, 0.05) is 6.54 Å². The van der Waals surface area contributed by atoms with Gasteiger partial charge in [-0.25, -0.2) is 13.9 Å². The minimum atomic E-state index is -0.640. The average molecular weight is 394 g/mol. The number of pyridine rings is 1. The maximum atomic E-state index is 13.4. The first-order valence-electron chi connectivity index (χ1n) is 8.48. The van der Waals surface area contributed by atoms with Crippen LogP contribution in [0.3, 0.4) is 0 Å². The number of carbonyl (C=O) groups excluding carboxylic acids is 1. The van der Waals surface area contributed by atoms with Gasteiger partial charge in [-0.3, -0.25) is 4.79 Å². The second-order valence-corrected chi connectivity index (χ2v) is 5.99. The second-order valence-electron chi connectivity index (χ2n) is 5.99. The van der Waals surface area contributed by atoms with Crippen molar-refractivity contribution in [3.63, 3.8) is 0 Å². The Balaban J connectivity index is 1.70. The van der Waals surface area contributed by atoms with Crippen molar-refractivity contribution in [1.29, 1.82) is 0 Å². The fourth-order valence-electron chi connectivity index (χ4n) is 2.77. The van der Waals surface area contributed by atoms with Crippen LogP contribution in [0.2, 0.25) is 0 Å². The molecular weight excluding hydrogens is 379 g/mol. The van der Waals surface area contributed by atoms with E-state index in [4.69, 9.17) is 10.5 Å². The minimum Gasteiger partial charge on any atom is -0.477 e. The largest absolute Gasteiger partial charge is 0.477 e. The van der Waals surface area contributed by atoms with Crippen molar-refractivity contribution in [3.8, 4) is 17.4 Å². The molecule has 3 N–H and O–H groups in total. The molecular formula is C18H15FN8O2. The van der Waals surface area contributed by atoms with Gasteiger partial charge >= 0.3 is 0 Å². The monoisotopic (exact) mass is 394 g/mol. The van der Waals surface area contributed by atoms with E-state index in [1.807, 2.05) is 0 Å². The third-order valence-electron chi connectivity index (χ3n) is 4.10. The summed E-state index contributed by atoms with van der Waals surface area (Å²) in [7, 11) is 1.44. The van der Waals surface area contributed by atoms with Crippen LogP contribution < -0.4 is 15.8 Å². The molecule has 0 saturated heterocycles. The molecule has 4 aromatic rings. The predicted molar refractivity (Wildman–Crippen MR) is 101 cm³/mol. The highest BCUT2D eigenvalue weighted by Crippen LogP contribution is 2.24. The fraction of sp³-hybridized carbons (Fsp3) is 0.111. The Hall–Kier alpha value is -4.15. The highest BCUT2D eigenvalue weighted by molar-refractivity contribution is 5.92. The molecule has 0 aliphatic carbocycles. The first-order valence-corrected chi connectivity index (χ1v) is 8.48. The Labute approximate surface area is 163 Å². The van der Waals surface area contributed by atoms with Gasteiger partial charge in [0.25, 0.3) is 11.8 Å². The molecule has 1 aromatic carbocycles. The van der Waals surface area contributed by atoms with Crippen molar-refractivity contribution >= 4 is 17.2 Å². The number of aromatic nitrogens is 6. The van der Waals surface area contributed by atoms with Gasteiger partial charge in [-0.2, -0.15) is 0 Å². The third kappa shape index (κ3) is 3.52. The van der Waals surface area contributed by atoms with E-state index >= 15 is 0 Å². The highest BCUT2D eigenvalue weighted by Gasteiger charge is 2.18. The number of amides is 1. The maximum Gasteiger partial charge on any atom is 0.276 e. The van der Waals surface area contributed by atoms with Crippen LogP contribution in [0.25, 0.3) is 17.0 Å².